The molecule has 3 heterocycles. The lowest BCUT2D eigenvalue weighted by atomic mass is 10.1. The van der Waals surface area contributed by atoms with Crippen LogP contribution in [-0.4, -0.2) is 26.6 Å². The lowest BCUT2D eigenvalue weighted by molar-refractivity contribution is 0.263. The Morgan fingerprint density at radius 1 is 1.23 bits per heavy atom. The molecule has 0 saturated heterocycles. The zero-order valence-electron chi connectivity index (χ0n) is 19.2. The molecule has 4 heteroatoms. The molecule has 0 amide bonds. The lowest BCUT2D eigenvalue weighted by Gasteiger charge is -2.33. The van der Waals surface area contributed by atoms with E-state index in [2.05, 4.69) is 34.9 Å². The molecule has 2 aliphatic heterocycles. The molecule has 0 aliphatic carbocycles. The van der Waals surface area contributed by atoms with E-state index >= 15 is 0 Å². The van der Waals surface area contributed by atoms with Gasteiger partial charge in [-0.1, -0.05) is 24.3 Å². The summed E-state index contributed by atoms with van der Waals surface area (Å²) < 4.78 is 34.1. The number of benzene rings is 2. The van der Waals surface area contributed by atoms with Crippen LogP contribution in [0, 0.1) is 6.92 Å². The third-order valence-electron chi connectivity index (χ3n) is 5.49. The summed E-state index contributed by atoms with van der Waals surface area (Å²) >= 11 is 0. The number of aryl methyl sites for hydroxylation is 1. The topological polar surface area (TPSA) is 24.3 Å². The third-order valence-corrected chi connectivity index (χ3v) is 5.49. The number of nitrogens with zero attached hydrogens (tertiary/aromatic N) is 4. The third kappa shape index (κ3) is 1.99. The average molecular weight is 348 g/mol. The van der Waals surface area contributed by atoms with Crippen molar-refractivity contribution in [3.8, 4) is 5.69 Å². The molecular formula is C22H24N4. The van der Waals surface area contributed by atoms with Crippen LogP contribution in [0.1, 0.15) is 43.1 Å². The zero-order valence-corrected chi connectivity index (χ0v) is 15.2. The van der Waals surface area contributed by atoms with Crippen LogP contribution in [0.4, 0.5) is 5.69 Å². The first-order chi connectivity index (χ1) is 14.1. The molecule has 0 fully saturated rings. The molecule has 2 aromatic carbocycles. The monoisotopic (exact) mass is 348 g/mol. The van der Waals surface area contributed by atoms with Crippen LogP contribution >= 0.6 is 0 Å². The van der Waals surface area contributed by atoms with Gasteiger partial charge in [0.2, 0.25) is 0 Å². The number of fused-ring (bicyclic) bond motifs is 5. The van der Waals surface area contributed by atoms with E-state index in [1.165, 1.54) is 12.5 Å². The van der Waals surface area contributed by atoms with E-state index in [4.69, 9.17) is 10.5 Å². The summed E-state index contributed by atoms with van der Waals surface area (Å²) in [5, 5.41) is 0. The molecule has 2 aliphatic rings. The average Bonchev–Trinajstić information content (AvgIpc) is 3.32. The van der Waals surface area contributed by atoms with Gasteiger partial charge in [-0.25, -0.2) is 4.98 Å². The van der Waals surface area contributed by atoms with E-state index in [-0.39, 0.29) is 6.17 Å². The molecule has 0 spiro atoms. The van der Waals surface area contributed by atoms with Crippen LogP contribution in [0.25, 0.3) is 16.7 Å². The highest BCUT2D eigenvalue weighted by Gasteiger charge is 2.30. The van der Waals surface area contributed by atoms with Crippen LogP contribution < -0.4 is 4.90 Å². The van der Waals surface area contributed by atoms with Crippen molar-refractivity contribution in [2.24, 2.45) is 0 Å². The molecule has 0 N–H and O–H groups in total. The minimum Gasteiger partial charge on any atom is -0.353 e. The van der Waals surface area contributed by atoms with Crippen LogP contribution in [-0.2, 0) is 6.42 Å². The molecule has 5 rings (SSSR count). The van der Waals surface area contributed by atoms with Crippen molar-refractivity contribution < 1.29 is 5.48 Å². The summed E-state index contributed by atoms with van der Waals surface area (Å²) in [5.41, 5.74) is 6.40. The summed E-state index contributed by atoms with van der Waals surface area (Å²) in [6, 6.07) is 10.8. The van der Waals surface area contributed by atoms with Crippen molar-refractivity contribution in [3.05, 3.63) is 65.7 Å². The van der Waals surface area contributed by atoms with Crippen LogP contribution in [0.5, 0.6) is 0 Å². The van der Waals surface area contributed by atoms with E-state index in [9.17, 15) is 0 Å². The Morgan fingerprint density at radius 3 is 2.92 bits per heavy atom. The molecule has 0 saturated carbocycles. The molecular weight excluding hydrogens is 320 g/mol. The van der Waals surface area contributed by atoms with Gasteiger partial charge in [0.25, 0.3) is 0 Å². The summed E-state index contributed by atoms with van der Waals surface area (Å²) in [6.07, 6.45) is 4.05. The second-order valence-corrected chi connectivity index (χ2v) is 7.10. The van der Waals surface area contributed by atoms with Gasteiger partial charge in [0, 0.05) is 29.0 Å². The molecule has 26 heavy (non-hydrogen) atoms. The molecule has 2 atom stereocenters. The summed E-state index contributed by atoms with van der Waals surface area (Å²) in [4.78, 5) is 8.62. The standard InChI is InChI=1S/C22H24N4/c1-14(2)24-11-12-25(16(24)4)22-15(3)9-10-19-21(22)23-20-13-17-7-5-6-8-18(17)26(19)20/h5-12,14,16H,13H2,1-4H3/t16-/m0/s1/i1D3,14D/t14?,16-. The van der Waals surface area contributed by atoms with E-state index < -0.39 is 12.9 Å². The van der Waals surface area contributed by atoms with Crippen LogP contribution in [0.15, 0.2) is 48.8 Å². The Bertz CT molecular complexity index is 1190. The minimum atomic E-state index is -2.43. The number of imidazole rings is 1. The summed E-state index contributed by atoms with van der Waals surface area (Å²) in [5.74, 6) is 1.01. The van der Waals surface area contributed by atoms with E-state index in [1.54, 1.807) is 11.1 Å². The predicted octanol–water partition coefficient (Wildman–Crippen LogP) is 4.59. The number of rotatable bonds is 2. The number of aromatic nitrogens is 2. The highest BCUT2D eigenvalue weighted by atomic mass is 15.4. The second-order valence-electron chi connectivity index (χ2n) is 7.10. The highest BCUT2D eigenvalue weighted by molar-refractivity contribution is 5.94. The van der Waals surface area contributed by atoms with Crippen LogP contribution in [0.2, 0.25) is 0 Å². The van der Waals surface area contributed by atoms with Gasteiger partial charge in [0.15, 0.2) is 0 Å². The first-order valence-corrected chi connectivity index (χ1v) is 8.95. The smallest absolute Gasteiger partial charge is 0.119 e. The normalized spacial score (nSPS) is 23.3. The van der Waals surface area contributed by atoms with Gasteiger partial charge < -0.3 is 9.80 Å². The largest absolute Gasteiger partial charge is 0.353 e. The number of anilines is 1. The summed E-state index contributed by atoms with van der Waals surface area (Å²) in [7, 11) is 0. The van der Waals surface area contributed by atoms with Gasteiger partial charge in [-0.05, 0) is 50.9 Å². The highest BCUT2D eigenvalue weighted by Crippen LogP contribution is 2.39. The molecule has 3 aromatic rings. The summed E-state index contributed by atoms with van der Waals surface area (Å²) in [6.45, 7) is 2.98. The fraction of sp³-hybridized carbons (Fsp3) is 0.318. The van der Waals surface area contributed by atoms with Crippen molar-refractivity contribution >= 4 is 16.7 Å². The Labute approximate surface area is 160 Å². The molecule has 1 aromatic heterocycles. The van der Waals surface area contributed by atoms with Gasteiger partial charge in [0.1, 0.15) is 17.5 Å². The van der Waals surface area contributed by atoms with Crippen molar-refractivity contribution in [2.75, 3.05) is 4.90 Å². The second kappa shape index (κ2) is 5.37. The number of para-hydroxylation sites is 1. The molecule has 0 bridgehead atoms. The molecule has 132 valence electrons. The van der Waals surface area contributed by atoms with E-state index in [0.29, 0.717) is 0 Å². The van der Waals surface area contributed by atoms with Crippen molar-refractivity contribution in [2.45, 2.75) is 46.2 Å². The van der Waals surface area contributed by atoms with Gasteiger partial charge in [-0.15, -0.1) is 0 Å². The Hall–Kier alpha value is -2.75. The fourth-order valence-electron chi connectivity index (χ4n) is 4.22. The molecule has 0 radical (unpaired) electrons. The maximum Gasteiger partial charge on any atom is 0.119 e. The van der Waals surface area contributed by atoms with Crippen molar-refractivity contribution in [3.63, 3.8) is 0 Å². The van der Waals surface area contributed by atoms with E-state index in [1.807, 2.05) is 31.0 Å². The maximum atomic E-state index is 8.50. The molecule has 4 nitrogen and oxygen atoms in total. The fourth-order valence-corrected chi connectivity index (χ4v) is 4.22. The first-order valence-electron chi connectivity index (χ1n) is 11.0. The van der Waals surface area contributed by atoms with Crippen LogP contribution in [0.3, 0.4) is 0 Å². The Balaban J connectivity index is 1.62. The Morgan fingerprint density at radius 2 is 2.08 bits per heavy atom. The zero-order chi connectivity index (χ0) is 21.4. The van der Waals surface area contributed by atoms with Gasteiger partial charge in [0.05, 0.1) is 18.3 Å². The SMILES string of the molecule is [2H]C([2H])([2H])C([2H])(C)N1C=CN(c2c(C)ccc3c2nc2n3-c3ccccc3C2)[C@H]1C. The van der Waals surface area contributed by atoms with Crippen molar-refractivity contribution in [1.82, 2.24) is 14.5 Å². The lowest BCUT2D eigenvalue weighted by Crippen LogP contribution is -2.39. The van der Waals surface area contributed by atoms with Crippen molar-refractivity contribution in [1.29, 1.82) is 0 Å². The predicted molar refractivity (Wildman–Crippen MR) is 107 cm³/mol. The maximum absolute atomic E-state index is 8.50. The Kier molecular flexibility index (Phi) is 2.43. The number of hydrogen-bond donors (Lipinski definition) is 0. The molecule has 1 unspecified atom stereocenters. The van der Waals surface area contributed by atoms with Gasteiger partial charge >= 0.3 is 0 Å². The van der Waals surface area contributed by atoms with Gasteiger partial charge in [-0.3, -0.25) is 4.57 Å². The first kappa shape index (κ1) is 11.8. The minimum absolute atomic E-state index is 0.318. The number of hydrogen-bond acceptors (Lipinski definition) is 3. The van der Waals surface area contributed by atoms with E-state index in [0.717, 1.165) is 40.2 Å². The van der Waals surface area contributed by atoms with Gasteiger partial charge in [-0.2, -0.15) is 0 Å². The quantitative estimate of drug-likeness (QED) is 0.530.